The lowest BCUT2D eigenvalue weighted by Gasteiger charge is -2.14. The third kappa shape index (κ3) is 4.86. The largest absolute Gasteiger partial charge is 0.309 e. The third-order valence-electron chi connectivity index (χ3n) is 9.23. The zero-order chi connectivity index (χ0) is 67.9. The van der Waals surface area contributed by atoms with Gasteiger partial charge in [-0.05, 0) is 94.8 Å². The summed E-state index contributed by atoms with van der Waals surface area (Å²) in [4.78, 5) is 0. The smallest absolute Gasteiger partial charge is 0.0667 e. The van der Waals surface area contributed by atoms with Crippen LogP contribution < -0.4 is 0 Å². The molecule has 0 spiro atoms. The van der Waals surface area contributed by atoms with Crippen molar-refractivity contribution < 1.29 is 48.0 Å². The van der Waals surface area contributed by atoms with Crippen LogP contribution >= 0.6 is 0 Å². The number of nitrogens with zero attached hydrogens (tertiary/aromatic N) is 3. The Balaban J connectivity index is 1.35. The highest BCUT2D eigenvalue weighted by Crippen LogP contribution is 2.40. The highest BCUT2D eigenvalue weighted by molar-refractivity contribution is 6.13. The molecule has 0 aliphatic heterocycles. The lowest BCUT2D eigenvalue weighted by molar-refractivity contribution is 1.15. The van der Waals surface area contributed by atoms with Crippen LogP contribution in [0.2, 0.25) is 0 Å². The number of hydrogen-bond donors (Lipinski definition) is 0. The van der Waals surface area contributed by atoms with Crippen LogP contribution in [0.5, 0.6) is 0 Å². The minimum Gasteiger partial charge on any atom is -0.309 e. The van der Waals surface area contributed by atoms with Gasteiger partial charge < -0.3 is 13.7 Å². The standard InChI is InChI=1S/C54H35N3/c1-3-15-36(16-4-1)38-31-39(37-17-5-2-6-18-37)33-42(32-38)57-52-26-14-10-22-46(52)48-34-40(28-30-53(48)57)56-51-25-13-9-21-45(51)47-29-27-41(35-54(47)56)55-49-23-11-7-19-43(49)44-20-8-12-24-50(44)55/h1-35H/i1D,2D,3D,4D,5D,6D,7D,8D,9D,10D,11D,12D,13D,14D,15D,16D,17D,18D,19D,20D,21D,22D,23D,24D,25D,26D,27D,28D,29D,30D,31D,32D,33D,34D,35D. The third-order valence-corrected chi connectivity index (χ3v) is 9.23. The van der Waals surface area contributed by atoms with Gasteiger partial charge in [0.05, 0.1) is 81.1 Å². The highest BCUT2D eigenvalue weighted by atomic mass is 15.0. The summed E-state index contributed by atoms with van der Waals surface area (Å²) >= 11 is 0. The Hall–Kier alpha value is -7.62. The fourth-order valence-corrected chi connectivity index (χ4v) is 6.89. The molecule has 12 rings (SSSR count). The molecule has 0 aliphatic rings. The van der Waals surface area contributed by atoms with Crippen LogP contribution in [0.3, 0.4) is 0 Å². The maximum absolute atomic E-state index is 10.3. The molecule has 3 heterocycles. The Morgan fingerprint density at radius 1 is 0.228 bits per heavy atom. The van der Waals surface area contributed by atoms with Crippen molar-refractivity contribution in [1.29, 1.82) is 0 Å². The lowest BCUT2D eigenvalue weighted by atomic mass is 9.98. The molecule has 266 valence electrons. The molecule has 0 saturated carbocycles. The summed E-state index contributed by atoms with van der Waals surface area (Å²) in [5, 5.41) is -4.06. The van der Waals surface area contributed by atoms with E-state index in [1.165, 1.54) is 0 Å². The van der Waals surface area contributed by atoms with Gasteiger partial charge in [0.1, 0.15) is 0 Å². The van der Waals surface area contributed by atoms with Crippen LogP contribution in [0.15, 0.2) is 211 Å². The summed E-state index contributed by atoms with van der Waals surface area (Å²) in [5.74, 6) is 0. The molecule has 3 nitrogen and oxygen atoms in total. The summed E-state index contributed by atoms with van der Waals surface area (Å²) in [5.41, 5.74) is -11.5. The van der Waals surface area contributed by atoms with Crippen molar-refractivity contribution in [2.45, 2.75) is 0 Å². The predicted octanol–water partition coefficient (Wildman–Crippen LogP) is 14.3. The molecule has 0 N–H and O–H groups in total. The molecule has 0 aliphatic carbocycles. The summed E-state index contributed by atoms with van der Waals surface area (Å²) in [7, 11) is 0. The fourth-order valence-electron chi connectivity index (χ4n) is 6.89. The van der Waals surface area contributed by atoms with Crippen LogP contribution in [-0.2, 0) is 0 Å². The van der Waals surface area contributed by atoms with E-state index >= 15 is 0 Å². The van der Waals surface area contributed by atoms with Crippen LogP contribution in [0.4, 0.5) is 0 Å². The molecular formula is C54H35N3. The number of hydrogen-bond acceptors (Lipinski definition) is 0. The summed E-state index contributed by atoms with van der Waals surface area (Å²) in [6.07, 6.45) is 0. The Bertz CT molecular complexity index is 5350. The van der Waals surface area contributed by atoms with E-state index in [0.29, 0.717) is 13.7 Å². The number of fused-ring (bicyclic) bond motifs is 9. The van der Waals surface area contributed by atoms with Crippen LogP contribution in [0.25, 0.3) is 105 Å². The zero-order valence-electron chi connectivity index (χ0n) is 63.3. The normalized spacial score (nSPS) is 20.5. The summed E-state index contributed by atoms with van der Waals surface area (Å²) < 4.78 is 323. The van der Waals surface area contributed by atoms with Gasteiger partial charge in [0, 0.05) is 49.4 Å². The monoisotopic (exact) mass is 761 g/mol. The molecule has 0 saturated heterocycles. The molecule has 0 amide bonds. The van der Waals surface area contributed by atoms with Gasteiger partial charge in [-0.2, -0.15) is 0 Å². The van der Waals surface area contributed by atoms with Gasteiger partial charge in [-0.25, -0.2) is 0 Å². The number of para-hydroxylation sites is 4. The van der Waals surface area contributed by atoms with Crippen molar-refractivity contribution in [1.82, 2.24) is 13.7 Å². The SMILES string of the molecule is [2H]c1c([2H])c([2H])c(-c2c([2H])c(-c3c([2H])c([2H])c([2H])c([2H])c3[2H])c([2H])c(-n3c4c([2H])c([2H])c([2H])c([2H])c4c4c([2H])c(-n5c6c([2H])c([2H])c([2H])c([2H])c6c6c([2H])c([2H])c(-n7c8c([2H])c([2H])c([2H])c([2H])c8c8c([2H])c([2H])c([2H])c([2H])c87)c([2H])c65)c([2H])c([2H])c43)c2[2H])c([2H])c1[2H]. The molecule has 0 unspecified atom stereocenters. The summed E-state index contributed by atoms with van der Waals surface area (Å²) in [6, 6.07) is -36.0. The second-order valence-corrected chi connectivity index (χ2v) is 12.3. The second kappa shape index (κ2) is 12.5. The first-order valence-electron chi connectivity index (χ1n) is 34.3. The van der Waals surface area contributed by atoms with Gasteiger partial charge in [0.25, 0.3) is 0 Å². The van der Waals surface area contributed by atoms with Gasteiger partial charge in [-0.3, -0.25) is 0 Å². The predicted molar refractivity (Wildman–Crippen MR) is 240 cm³/mol. The van der Waals surface area contributed by atoms with E-state index in [0.717, 1.165) is 0 Å². The van der Waals surface area contributed by atoms with E-state index in [1.807, 2.05) is 0 Å². The maximum Gasteiger partial charge on any atom is 0.0667 e. The molecule has 0 radical (unpaired) electrons. The molecular weight excluding hydrogens is 691 g/mol. The van der Waals surface area contributed by atoms with E-state index in [1.54, 1.807) is 0 Å². The Morgan fingerprint density at radius 2 is 0.596 bits per heavy atom. The van der Waals surface area contributed by atoms with Crippen molar-refractivity contribution in [3.05, 3.63) is 211 Å². The number of rotatable bonds is 5. The molecule has 57 heavy (non-hydrogen) atoms. The molecule has 3 aromatic heterocycles. The molecule has 0 atom stereocenters. The average Bonchev–Trinajstić information content (AvgIpc) is 1.51. The van der Waals surface area contributed by atoms with Crippen LogP contribution in [0, 0.1) is 0 Å². The van der Waals surface area contributed by atoms with Crippen molar-refractivity contribution in [3.8, 4) is 39.3 Å². The topological polar surface area (TPSA) is 14.8 Å². The van der Waals surface area contributed by atoms with Crippen molar-refractivity contribution in [2.24, 2.45) is 0 Å². The zero-order valence-corrected chi connectivity index (χ0v) is 28.3. The van der Waals surface area contributed by atoms with Gasteiger partial charge in [0.2, 0.25) is 0 Å². The maximum atomic E-state index is 10.3. The molecule has 12 aromatic rings. The Morgan fingerprint density at radius 3 is 1.12 bits per heavy atom. The minimum absolute atomic E-state index is 0.541. The van der Waals surface area contributed by atoms with Crippen LogP contribution in [-0.4, -0.2) is 13.7 Å². The number of benzene rings is 9. The van der Waals surface area contributed by atoms with Crippen molar-refractivity contribution in [3.63, 3.8) is 0 Å². The van der Waals surface area contributed by atoms with E-state index in [-0.39, 0.29) is 0 Å². The van der Waals surface area contributed by atoms with E-state index in [2.05, 4.69) is 0 Å². The Labute approximate surface area is 378 Å². The van der Waals surface area contributed by atoms with Gasteiger partial charge in [-0.15, -0.1) is 0 Å². The average molecular weight is 761 g/mol. The minimum atomic E-state index is -1.23. The van der Waals surface area contributed by atoms with Crippen molar-refractivity contribution >= 4 is 65.4 Å². The van der Waals surface area contributed by atoms with Crippen LogP contribution in [0.1, 0.15) is 48.0 Å². The molecule has 9 aromatic carbocycles. The van der Waals surface area contributed by atoms with E-state index in [4.69, 9.17) is 27.4 Å². The summed E-state index contributed by atoms with van der Waals surface area (Å²) in [6.45, 7) is 0. The van der Waals surface area contributed by atoms with Gasteiger partial charge in [-0.1, -0.05) is 139 Å². The first-order valence-corrected chi connectivity index (χ1v) is 16.8. The van der Waals surface area contributed by atoms with Gasteiger partial charge in [0.15, 0.2) is 0 Å². The quantitative estimate of drug-likeness (QED) is 0.166. The fraction of sp³-hybridized carbons (Fsp3) is 0. The first-order chi connectivity index (χ1) is 42.9. The van der Waals surface area contributed by atoms with Crippen molar-refractivity contribution in [2.75, 3.05) is 0 Å². The highest BCUT2D eigenvalue weighted by Gasteiger charge is 2.19. The van der Waals surface area contributed by atoms with E-state index in [9.17, 15) is 20.6 Å². The Kier molecular flexibility index (Phi) is 2.78. The molecule has 0 fully saturated rings. The second-order valence-electron chi connectivity index (χ2n) is 12.3. The first kappa shape index (κ1) is 12.7. The lowest BCUT2D eigenvalue weighted by Crippen LogP contribution is -1.98. The molecule has 0 bridgehead atoms. The molecule has 3 heteroatoms. The van der Waals surface area contributed by atoms with Gasteiger partial charge >= 0.3 is 0 Å². The number of aromatic nitrogens is 3. The van der Waals surface area contributed by atoms with E-state index < -0.39 is 316 Å².